The third-order valence-corrected chi connectivity index (χ3v) is 2.24. The molecule has 0 aromatic carbocycles. The maximum absolute atomic E-state index is 11.6. The summed E-state index contributed by atoms with van der Waals surface area (Å²) in [5.41, 5.74) is 1.69. The molecule has 84 valence electrons. The largest absolute Gasteiger partial charge is 0.351 e. The van der Waals surface area contributed by atoms with E-state index in [1.165, 1.54) is 0 Å². The van der Waals surface area contributed by atoms with E-state index in [1.54, 1.807) is 4.68 Å². The van der Waals surface area contributed by atoms with Gasteiger partial charge in [-0.3, -0.25) is 9.48 Å². The molecule has 15 heavy (non-hydrogen) atoms. The van der Waals surface area contributed by atoms with Gasteiger partial charge in [0.05, 0.1) is 5.69 Å². The van der Waals surface area contributed by atoms with Crippen LogP contribution in [0.1, 0.15) is 32.0 Å². The lowest BCUT2D eigenvalue weighted by molar-refractivity contribution is -0.128. The van der Waals surface area contributed by atoms with Gasteiger partial charge in [0.25, 0.3) is 0 Å². The number of carbonyl (C=O) groups is 1. The zero-order valence-corrected chi connectivity index (χ0v) is 10.1. The topological polar surface area (TPSA) is 46.9 Å². The number of hydrogen-bond acceptors (Lipinski definition) is 2. The Morgan fingerprint density at radius 2 is 2.13 bits per heavy atom. The van der Waals surface area contributed by atoms with Crippen molar-refractivity contribution in [2.75, 3.05) is 0 Å². The van der Waals surface area contributed by atoms with Crippen molar-refractivity contribution in [1.82, 2.24) is 15.1 Å². The molecule has 0 unspecified atom stereocenters. The SMILES string of the molecule is Cc1nn(C)cc1CNC(=O)C(C)(C)C. The summed E-state index contributed by atoms with van der Waals surface area (Å²) in [7, 11) is 1.88. The molecule has 0 aliphatic carbocycles. The molecule has 1 aromatic heterocycles. The summed E-state index contributed by atoms with van der Waals surface area (Å²) in [6.45, 7) is 8.20. The van der Waals surface area contributed by atoms with Crippen LogP contribution >= 0.6 is 0 Å². The van der Waals surface area contributed by atoms with Crippen molar-refractivity contribution >= 4 is 5.91 Å². The van der Waals surface area contributed by atoms with E-state index in [0.717, 1.165) is 11.3 Å². The third kappa shape index (κ3) is 3.08. The maximum Gasteiger partial charge on any atom is 0.225 e. The number of aryl methyl sites for hydroxylation is 2. The smallest absolute Gasteiger partial charge is 0.225 e. The van der Waals surface area contributed by atoms with Crippen LogP contribution in [0.15, 0.2) is 6.20 Å². The van der Waals surface area contributed by atoms with Gasteiger partial charge >= 0.3 is 0 Å². The van der Waals surface area contributed by atoms with Gasteiger partial charge in [0, 0.05) is 30.8 Å². The van der Waals surface area contributed by atoms with Crippen LogP contribution in [0.25, 0.3) is 0 Å². The fourth-order valence-corrected chi connectivity index (χ4v) is 1.26. The van der Waals surface area contributed by atoms with E-state index >= 15 is 0 Å². The van der Waals surface area contributed by atoms with Crippen LogP contribution in [0.3, 0.4) is 0 Å². The molecule has 0 saturated heterocycles. The van der Waals surface area contributed by atoms with Gasteiger partial charge in [-0.1, -0.05) is 20.8 Å². The maximum atomic E-state index is 11.6. The monoisotopic (exact) mass is 209 g/mol. The number of aromatic nitrogens is 2. The minimum Gasteiger partial charge on any atom is -0.351 e. The Morgan fingerprint density at radius 1 is 1.53 bits per heavy atom. The van der Waals surface area contributed by atoms with Gasteiger partial charge in [-0.25, -0.2) is 0 Å². The zero-order chi connectivity index (χ0) is 11.6. The second kappa shape index (κ2) is 4.04. The van der Waals surface area contributed by atoms with Crippen molar-refractivity contribution in [2.24, 2.45) is 12.5 Å². The number of rotatable bonds is 2. The lowest BCUT2D eigenvalue weighted by Gasteiger charge is -2.17. The number of nitrogens with zero attached hydrogens (tertiary/aromatic N) is 2. The van der Waals surface area contributed by atoms with Crippen molar-refractivity contribution in [3.8, 4) is 0 Å². The van der Waals surface area contributed by atoms with E-state index < -0.39 is 0 Å². The Kier molecular flexibility index (Phi) is 3.17. The highest BCUT2D eigenvalue weighted by molar-refractivity contribution is 5.81. The predicted molar refractivity (Wildman–Crippen MR) is 59.2 cm³/mol. The summed E-state index contributed by atoms with van der Waals surface area (Å²) in [5.74, 6) is 0.0609. The molecule has 1 rings (SSSR count). The van der Waals surface area contributed by atoms with Gasteiger partial charge in [-0.15, -0.1) is 0 Å². The zero-order valence-electron chi connectivity index (χ0n) is 10.1. The highest BCUT2D eigenvalue weighted by Crippen LogP contribution is 2.13. The van der Waals surface area contributed by atoms with E-state index in [9.17, 15) is 4.79 Å². The lowest BCUT2D eigenvalue weighted by Crippen LogP contribution is -2.34. The van der Waals surface area contributed by atoms with Crippen molar-refractivity contribution in [3.63, 3.8) is 0 Å². The minimum atomic E-state index is -0.337. The van der Waals surface area contributed by atoms with E-state index in [0.29, 0.717) is 6.54 Å². The molecular formula is C11H19N3O. The average molecular weight is 209 g/mol. The molecule has 0 bridgehead atoms. The summed E-state index contributed by atoms with van der Waals surface area (Å²) >= 11 is 0. The molecule has 4 heteroatoms. The average Bonchev–Trinajstić information content (AvgIpc) is 2.39. The fraction of sp³-hybridized carbons (Fsp3) is 0.636. The molecular weight excluding hydrogens is 190 g/mol. The molecule has 1 heterocycles. The normalized spacial score (nSPS) is 11.5. The second-order valence-corrected chi connectivity index (χ2v) is 4.85. The second-order valence-electron chi connectivity index (χ2n) is 4.85. The fourth-order valence-electron chi connectivity index (χ4n) is 1.26. The number of hydrogen-bond donors (Lipinski definition) is 1. The summed E-state index contributed by atoms with van der Waals surface area (Å²) in [6, 6.07) is 0. The summed E-state index contributed by atoms with van der Waals surface area (Å²) in [6.07, 6.45) is 1.93. The van der Waals surface area contributed by atoms with E-state index in [2.05, 4.69) is 10.4 Å². The van der Waals surface area contributed by atoms with Gasteiger partial charge < -0.3 is 5.32 Å². The number of carbonyl (C=O) groups excluding carboxylic acids is 1. The Balaban J connectivity index is 2.58. The van der Waals surface area contributed by atoms with E-state index in [-0.39, 0.29) is 11.3 Å². The van der Waals surface area contributed by atoms with Crippen LogP contribution < -0.4 is 5.32 Å². The molecule has 1 N–H and O–H groups in total. The molecule has 0 aliphatic rings. The molecule has 1 aromatic rings. The van der Waals surface area contributed by atoms with E-state index in [1.807, 2.05) is 40.9 Å². The first-order valence-corrected chi connectivity index (χ1v) is 5.08. The Hall–Kier alpha value is -1.32. The molecule has 0 aliphatic heterocycles. The molecule has 0 atom stereocenters. The third-order valence-electron chi connectivity index (χ3n) is 2.24. The number of nitrogens with one attached hydrogen (secondary N) is 1. The highest BCUT2D eigenvalue weighted by Gasteiger charge is 2.20. The first-order valence-electron chi connectivity index (χ1n) is 5.08. The lowest BCUT2D eigenvalue weighted by atomic mass is 9.95. The minimum absolute atomic E-state index is 0.0609. The van der Waals surface area contributed by atoms with Gasteiger partial charge in [0.1, 0.15) is 0 Å². The van der Waals surface area contributed by atoms with Crippen LogP contribution in [-0.2, 0) is 18.4 Å². The molecule has 4 nitrogen and oxygen atoms in total. The summed E-state index contributed by atoms with van der Waals surface area (Å²) in [5, 5.41) is 7.12. The first kappa shape index (κ1) is 11.8. The van der Waals surface area contributed by atoms with Crippen LogP contribution in [0, 0.1) is 12.3 Å². The Morgan fingerprint density at radius 3 is 2.53 bits per heavy atom. The predicted octanol–water partition coefficient (Wildman–Crippen LogP) is 1.39. The van der Waals surface area contributed by atoms with Crippen molar-refractivity contribution in [1.29, 1.82) is 0 Å². The molecule has 1 amide bonds. The molecule has 0 fully saturated rings. The van der Waals surface area contributed by atoms with Crippen LogP contribution in [0.5, 0.6) is 0 Å². The molecule has 0 radical (unpaired) electrons. The van der Waals surface area contributed by atoms with Crippen LogP contribution in [-0.4, -0.2) is 15.7 Å². The highest BCUT2D eigenvalue weighted by atomic mass is 16.2. The standard InChI is InChI=1S/C11H19N3O/c1-8-9(7-14(5)13-8)6-12-10(15)11(2,3)4/h7H,6H2,1-5H3,(H,12,15). The van der Waals surface area contributed by atoms with E-state index in [4.69, 9.17) is 0 Å². The quantitative estimate of drug-likeness (QED) is 0.800. The molecule has 0 spiro atoms. The van der Waals surface area contributed by atoms with Crippen molar-refractivity contribution in [3.05, 3.63) is 17.5 Å². The summed E-state index contributed by atoms with van der Waals surface area (Å²) < 4.78 is 1.76. The Labute approximate surface area is 90.7 Å². The van der Waals surface area contributed by atoms with Gasteiger partial charge in [-0.2, -0.15) is 5.10 Å². The van der Waals surface area contributed by atoms with Crippen molar-refractivity contribution in [2.45, 2.75) is 34.2 Å². The summed E-state index contributed by atoms with van der Waals surface area (Å²) in [4.78, 5) is 11.6. The molecule has 0 saturated carbocycles. The Bertz CT molecular complexity index is 360. The van der Waals surface area contributed by atoms with Crippen molar-refractivity contribution < 1.29 is 4.79 Å². The van der Waals surface area contributed by atoms with Gasteiger partial charge in [-0.05, 0) is 6.92 Å². The van der Waals surface area contributed by atoms with Crippen LogP contribution in [0.4, 0.5) is 0 Å². The van der Waals surface area contributed by atoms with Gasteiger partial charge in [0.15, 0.2) is 0 Å². The first-order chi connectivity index (χ1) is 6.80. The van der Waals surface area contributed by atoms with Gasteiger partial charge in [0.2, 0.25) is 5.91 Å². The number of amides is 1. The van der Waals surface area contributed by atoms with Crippen LogP contribution in [0.2, 0.25) is 0 Å².